The molecule has 28 heavy (non-hydrogen) atoms. The van der Waals surface area contributed by atoms with Gasteiger partial charge in [0.05, 0.1) is 13.2 Å². The van der Waals surface area contributed by atoms with Crippen molar-refractivity contribution in [2.75, 3.05) is 7.11 Å². The molecule has 3 aromatic rings. The molecule has 0 amide bonds. The molecule has 0 spiro atoms. The molecule has 146 valence electrons. The van der Waals surface area contributed by atoms with E-state index < -0.39 is 5.97 Å². The molecule has 3 rings (SSSR count). The largest absolute Gasteiger partial charge is 0.497 e. The summed E-state index contributed by atoms with van der Waals surface area (Å²) in [7, 11) is 3.37. The van der Waals surface area contributed by atoms with E-state index >= 15 is 0 Å². The number of hydrogen-bond acceptors (Lipinski definition) is 4. The van der Waals surface area contributed by atoms with Crippen LogP contribution in [0.2, 0.25) is 5.02 Å². The molecule has 7 heteroatoms. The fraction of sp³-hybridized carbons (Fsp3) is 0.238. The summed E-state index contributed by atoms with van der Waals surface area (Å²) < 4.78 is 6.79. The molecule has 2 N–H and O–H groups in total. The first-order chi connectivity index (χ1) is 13.4. The van der Waals surface area contributed by atoms with Crippen LogP contribution in [0.3, 0.4) is 0 Å². The first-order valence-electron chi connectivity index (χ1n) is 8.79. The van der Waals surface area contributed by atoms with Gasteiger partial charge in [-0.3, -0.25) is 4.68 Å². The van der Waals surface area contributed by atoms with E-state index in [0.29, 0.717) is 17.1 Å². The van der Waals surface area contributed by atoms with E-state index in [9.17, 15) is 9.90 Å². The minimum absolute atomic E-state index is 0.0437. The highest BCUT2D eigenvalue weighted by Gasteiger charge is 2.27. The van der Waals surface area contributed by atoms with Crippen molar-refractivity contribution in [1.29, 1.82) is 0 Å². The number of carboxylic acids is 1. The van der Waals surface area contributed by atoms with E-state index in [1.807, 2.05) is 43.3 Å². The monoisotopic (exact) mass is 399 g/mol. The number of hydrogen-bond donors (Lipinski definition) is 2. The van der Waals surface area contributed by atoms with Crippen molar-refractivity contribution in [3.05, 3.63) is 81.6 Å². The number of benzene rings is 2. The number of methoxy groups -OCH3 is 1. The smallest absolute Gasteiger partial charge is 0.356 e. The normalized spacial score (nSPS) is 12.0. The van der Waals surface area contributed by atoms with Crippen LogP contribution in [-0.2, 0) is 13.6 Å². The fourth-order valence-electron chi connectivity index (χ4n) is 3.13. The van der Waals surface area contributed by atoms with Crippen LogP contribution in [0.5, 0.6) is 5.75 Å². The van der Waals surface area contributed by atoms with Crippen LogP contribution in [0.15, 0.2) is 48.5 Å². The molecular weight excluding hydrogens is 378 g/mol. The number of aryl methyl sites for hydroxylation is 1. The molecule has 0 fully saturated rings. The Morgan fingerprint density at radius 2 is 1.86 bits per heavy atom. The van der Waals surface area contributed by atoms with Crippen LogP contribution < -0.4 is 10.1 Å². The van der Waals surface area contributed by atoms with E-state index in [-0.39, 0.29) is 11.7 Å². The first-order valence-corrected chi connectivity index (χ1v) is 9.17. The molecule has 1 atom stereocenters. The van der Waals surface area contributed by atoms with Crippen LogP contribution in [0.4, 0.5) is 0 Å². The van der Waals surface area contributed by atoms with Gasteiger partial charge in [-0.1, -0.05) is 35.9 Å². The third-order valence-corrected chi connectivity index (χ3v) is 5.00. The maximum atomic E-state index is 11.8. The predicted molar refractivity (Wildman–Crippen MR) is 108 cm³/mol. The van der Waals surface area contributed by atoms with Crippen molar-refractivity contribution in [2.45, 2.75) is 19.5 Å². The number of aromatic nitrogens is 2. The quantitative estimate of drug-likeness (QED) is 0.628. The van der Waals surface area contributed by atoms with Gasteiger partial charge >= 0.3 is 5.97 Å². The second kappa shape index (κ2) is 8.46. The van der Waals surface area contributed by atoms with Crippen LogP contribution in [-0.4, -0.2) is 28.0 Å². The zero-order valence-electron chi connectivity index (χ0n) is 15.9. The van der Waals surface area contributed by atoms with E-state index in [1.54, 1.807) is 31.0 Å². The zero-order valence-corrected chi connectivity index (χ0v) is 16.7. The summed E-state index contributed by atoms with van der Waals surface area (Å²) >= 11 is 6.04. The van der Waals surface area contributed by atoms with Crippen molar-refractivity contribution >= 4 is 17.6 Å². The third kappa shape index (κ3) is 4.18. The number of rotatable bonds is 7. The Balaban J connectivity index is 1.98. The minimum atomic E-state index is -1.05. The lowest BCUT2D eigenvalue weighted by molar-refractivity contribution is 0.0688. The molecule has 0 bridgehead atoms. The predicted octanol–water partition coefficient (Wildman–Crippen LogP) is 3.97. The van der Waals surface area contributed by atoms with E-state index in [2.05, 4.69) is 10.4 Å². The number of carbonyl (C=O) groups is 1. The fourth-order valence-corrected chi connectivity index (χ4v) is 3.26. The third-order valence-electron chi connectivity index (χ3n) is 4.74. The number of ether oxygens (including phenoxy) is 1. The SMILES string of the molecule is COc1ccc(CNC(c2ccc(Cl)cc2)c2c(C(=O)O)nn(C)c2C)cc1. The zero-order chi connectivity index (χ0) is 20.3. The Hall–Kier alpha value is -2.83. The van der Waals surface area contributed by atoms with Crippen LogP contribution in [0.25, 0.3) is 0 Å². The highest BCUT2D eigenvalue weighted by atomic mass is 35.5. The molecule has 0 saturated heterocycles. The lowest BCUT2D eigenvalue weighted by Gasteiger charge is -2.20. The average molecular weight is 400 g/mol. The van der Waals surface area contributed by atoms with E-state index in [0.717, 1.165) is 22.6 Å². The van der Waals surface area contributed by atoms with E-state index in [1.165, 1.54) is 0 Å². The number of aromatic carboxylic acids is 1. The Morgan fingerprint density at radius 1 is 1.21 bits per heavy atom. The highest BCUT2D eigenvalue weighted by molar-refractivity contribution is 6.30. The molecule has 1 aromatic heterocycles. The summed E-state index contributed by atoms with van der Waals surface area (Å²) in [5.41, 5.74) is 3.45. The van der Waals surface area contributed by atoms with Gasteiger partial charge in [0.15, 0.2) is 5.69 Å². The maximum Gasteiger partial charge on any atom is 0.356 e. The minimum Gasteiger partial charge on any atom is -0.497 e. The van der Waals surface area contributed by atoms with Crippen LogP contribution in [0.1, 0.15) is 38.9 Å². The number of halogens is 1. The summed E-state index contributed by atoms with van der Waals surface area (Å²) in [6.07, 6.45) is 0. The topological polar surface area (TPSA) is 76.4 Å². The summed E-state index contributed by atoms with van der Waals surface area (Å²) in [6, 6.07) is 14.8. The summed E-state index contributed by atoms with van der Waals surface area (Å²) in [4.78, 5) is 11.8. The lowest BCUT2D eigenvalue weighted by atomic mass is 9.96. The summed E-state index contributed by atoms with van der Waals surface area (Å²) in [6.45, 7) is 2.41. The van der Waals surface area contributed by atoms with Crippen molar-refractivity contribution < 1.29 is 14.6 Å². The molecule has 6 nitrogen and oxygen atoms in total. The second-order valence-electron chi connectivity index (χ2n) is 6.49. The Kier molecular flexibility index (Phi) is 6.02. The molecule has 1 unspecified atom stereocenters. The Morgan fingerprint density at radius 3 is 2.43 bits per heavy atom. The van der Waals surface area contributed by atoms with Crippen molar-refractivity contribution in [3.63, 3.8) is 0 Å². The molecule has 0 saturated carbocycles. The van der Waals surface area contributed by atoms with Gasteiger partial charge in [0.2, 0.25) is 0 Å². The van der Waals surface area contributed by atoms with Crippen molar-refractivity contribution in [1.82, 2.24) is 15.1 Å². The lowest BCUT2D eigenvalue weighted by Crippen LogP contribution is -2.24. The van der Waals surface area contributed by atoms with Gasteiger partial charge in [-0.15, -0.1) is 0 Å². The van der Waals surface area contributed by atoms with Gasteiger partial charge in [-0.25, -0.2) is 4.79 Å². The maximum absolute atomic E-state index is 11.8. The molecule has 0 aliphatic rings. The first kappa shape index (κ1) is 19.9. The van der Waals surface area contributed by atoms with Gasteiger partial charge in [-0.2, -0.15) is 5.10 Å². The average Bonchev–Trinajstić information content (AvgIpc) is 2.99. The molecular formula is C21H22ClN3O3. The molecule has 2 aromatic carbocycles. The van der Waals surface area contributed by atoms with Gasteiger partial charge in [0.1, 0.15) is 5.75 Å². The number of nitrogens with zero attached hydrogens (tertiary/aromatic N) is 2. The number of nitrogens with one attached hydrogen (secondary N) is 1. The highest BCUT2D eigenvalue weighted by Crippen LogP contribution is 2.29. The second-order valence-corrected chi connectivity index (χ2v) is 6.93. The van der Waals surface area contributed by atoms with Gasteiger partial charge < -0.3 is 15.2 Å². The van der Waals surface area contributed by atoms with Crippen molar-refractivity contribution in [2.24, 2.45) is 7.05 Å². The van der Waals surface area contributed by atoms with Crippen molar-refractivity contribution in [3.8, 4) is 5.75 Å². The summed E-state index contributed by atoms with van der Waals surface area (Å²) in [5.74, 6) is -0.266. The molecule has 1 heterocycles. The standard InChI is InChI=1S/C21H22ClN3O3/c1-13-18(20(21(26)27)24-25(13)2)19(15-6-8-16(22)9-7-15)23-12-14-4-10-17(28-3)11-5-14/h4-11,19,23H,12H2,1-3H3,(H,26,27). The molecule has 0 aliphatic carbocycles. The Bertz CT molecular complexity index is 966. The molecule has 0 aliphatic heterocycles. The van der Waals surface area contributed by atoms with E-state index in [4.69, 9.17) is 16.3 Å². The van der Waals surface area contributed by atoms with Gasteiger partial charge in [0.25, 0.3) is 0 Å². The van der Waals surface area contributed by atoms with Gasteiger partial charge in [0, 0.05) is 29.9 Å². The number of carboxylic acid groups (broad SMARTS) is 1. The summed E-state index contributed by atoms with van der Waals surface area (Å²) in [5, 5.41) is 17.9. The van der Waals surface area contributed by atoms with Gasteiger partial charge in [-0.05, 0) is 42.3 Å². The Labute approximate surface area is 168 Å². The van der Waals surface area contributed by atoms with Crippen LogP contribution >= 0.6 is 11.6 Å². The molecule has 0 radical (unpaired) electrons. The van der Waals surface area contributed by atoms with Crippen LogP contribution in [0, 0.1) is 6.92 Å².